The SMILES string of the molecule is CCCCCCCCCCOOOOCCCC. The minimum absolute atomic E-state index is 0.539. The maximum atomic E-state index is 4.81. The van der Waals surface area contributed by atoms with Crippen LogP contribution in [0.4, 0.5) is 0 Å². The molecule has 0 amide bonds. The van der Waals surface area contributed by atoms with Crippen molar-refractivity contribution in [2.45, 2.75) is 78.1 Å². The standard InChI is InChI=1S/C14H30O4/c1-3-5-7-8-9-10-11-12-14-16-18-17-15-13-6-4-2/h3-14H2,1-2H3. The van der Waals surface area contributed by atoms with Crippen molar-refractivity contribution in [3.05, 3.63) is 0 Å². The zero-order valence-corrected chi connectivity index (χ0v) is 12.1. The fraction of sp³-hybridized carbons (Fsp3) is 1.00. The second-order valence-corrected chi connectivity index (χ2v) is 4.61. The van der Waals surface area contributed by atoms with Crippen molar-refractivity contribution in [3.63, 3.8) is 0 Å². The van der Waals surface area contributed by atoms with Crippen molar-refractivity contribution in [2.75, 3.05) is 13.2 Å². The summed E-state index contributed by atoms with van der Waals surface area (Å²) in [5, 5.41) is 8.80. The summed E-state index contributed by atoms with van der Waals surface area (Å²) in [7, 11) is 0. The van der Waals surface area contributed by atoms with E-state index in [2.05, 4.69) is 23.9 Å². The van der Waals surface area contributed by atoms with E-state index in [1.165, 1.54) is 44.9 Å². The van der Waals surface area contributed by atoms with Gasteiger partial charge in [0.25, 0.3) is 0 Å². The van der Waals surface area contributed by atoms with E-state index in [9.17, 15) is 0 Å². The van der Waals surface area contributed by atoms with Crippen LogP contribution in [-0.4, -0.2) is 13.2 Å². The van der Waals surface area contributed by atoms with Gasteiger partial charge in [-0.25, -0.2) is 9.78 Å². The molecule has 0 saturated heterocycles. The number of hydrogen-bond donors (Lipinski definition) is 0. The Morgan fingerprint density at radius 1 is 0.500 bits per heavy atom. The van der Waals surface area contributed by atoms with Gasteiger partial charge < -0.3 is 0 Å². The normalized spacial score (nSPS) is 11.0. The van der Waals surface area contributed by atoms with Crippen LogP contribution in [0.2, 0.25) is 0 Å². The molecule has 0 aliphatic rings. The second-order valence-electron chi connectivity index (χ2n) is 4.61. The van der Waals surface area contributed by atoms with Crippen LogP contribution in [0, 0.1) is 0 Å². The van der Waals surface area contributed by atoms with Crippen molar-refractivity contribution in [2.24, 2.45) is 0 Å². The van der Waals surface area contributed by atoms with Gasteiger partial charge in [-0.3, -0.25) is 0 Å². The maximum absolute atomic E-state index is 4.81. The number of unbranched alkanes of at least 4 members (excludes halogenated alkanes) is 8. The van der Waals surface area contributed by atoms with E-state index in [4.69, 9.17) is 9.78 Å². The lowest BCUT2D eigenvalue weighted by Crippen LogP contribution is -2.01. The molecule has 0 unspecified atom stereocenters. The highest BCUT2D eigenvalue weighted by Gasteiger charge is 1.94. The molecule has 18 heavy (non-hydrogen) atoms. The topological polar surface area (TPSA) is 36.9 Å². The highest BCUT2D eigenvalue weighted by molar-refractivity contribution is 4.44. The largest absolute Gasteiger partial charge is 0.204 e. The first-order valence-corrected chi connectivity index (χ1v) is 7.49. The van der Waals surface area contributed by atoms with Crippen LogP contribution in [0.25, 0.3) is 0 Å². The Bertz CT molecular complexity index is 126. The Balaban J connectivity index is 2.86. The molecule has 0 N–H and O–H groups in total. The molecule has 4 heteroatoms. The molecule has 0 heterocycles. The van der Waals surface area contributed by atoms with Crippen LogP contribution in [0.5, 0.6) is 0 Å². The molecule has 4 nitrogen and oxygen atoms in total. The summed E-state index contributed by atoms with van der Waals surface area (Å²) >= 11 is 0. The second kappa shape index (κ2) is 16.8. The lowest BCUT2D eigenvalue weighted by molar-refractivity contribution is -0.634. The van der Waals surface area contributed by atoms with Crippen LogP contribution in [0.3, 0.4) is 0 Å². The van der Waals surface area contributed by atoms with Crippen LogP contribution in [-0.2, 0) is 19.9 Å². The zero-order chi connectivity index (χ0) is 13.3. The van der Waals surface area contributed by atoms with Gasteiger partial charge in [0.05, 0.1) is 13.2 Å². The van der Waals surface area contributed by atoms with Crippen molar-refractivity contribution in [1.82, 2.24) is 0 Å². The monoisotopic (exact) mass is 262 g/mol. The van der Waals surface area contributed by atoms with Gasteiger partial charge in [0, 0.05) is 0 Å². The highest BCUT2D eigenvalue weighted by Crippen LogP contribution is 2.08. The molecule has 0 rings (SSSR count). The molecule has 110 valence electrons. The van der Waals surface area contributed by atoms with Gasteiger partial charge >= 0.3 is 0 Å². The van der Waals surface area contributed by atoms with Crippen LogP contribution < -0.4 is 0 Å². The fourth-order valence-corrected chi connectivity index (χ4v) is 1.61. The Kier molecular flexibility index (Phi) is 16.7. The van der Waals surface area contributed by atoms with E-state index in [0.717, 1.165) is 19.3 Å². The first kappa shape index (κ1) is 17.8. The first-order valence-electron chi connectivity index (χ1n) is 7.49. The molecule has 0 atom stereocenters. The molecule has 0 aliphatic carbocycles. The van der Waals surface area contributed by atoms with E-state index in [1.54, 1.807) is 0 Å². The van der Waals surface area contributed by atoms with Gasteiger partial charge in [-0.05, 0) is 22.9 Å². The van der Waals surface area contributed by atoms with Crippen LogP contribution >= 0.6 is 0 Å². The third-order valence-electron chi connectivity index (χ3n) is 2.79. The lowest BCUT2D eigenvalue weighted by atomic mass is 10.1. The van der Waals surface area contributed by atoms with E-state index in [-0.39, 0.29) is 0 Å². The van der Waals surface area contributed by atoms with Gasteiger partial charge in [0.15, 0.2) is 0 Å². The smallest absolute Gasteiger partial charge is 0.0854 e. The Hall–Kier alpha value is -0.160. The first-order chi connectivity index (χ1) is 8.91. The van der Waals surface area contributed by atoms with E-state index >= 15 is 0 Å². The molecule has 0 aromatic carbocycles. The van der Waals surface area contributed by atoms with Gasteiger partial charge in [0.1, 0.15) is 0 Å². The highest BCUT2D eigenvalue weighted by atomic mass is 17.7. The Morgan fingerprint density at radius 3 is 1.50 bits per heavy atom. The van der Waals surface area contributed by atoms with E-state index in [0.29, 0.717) is 13.2 Å². The minimum Gasteiger partial charge on any atom is -0.204 e. The van der Waals surface area contributed by atoms with Crippen molar-refractivity contribution in [1.29, 1.82) is 0 Å². The molecule has 0 spiro atoms. The number of rotatable bonds is 15. The van der Waals surface area contributed by atoms with Crippen LogP contribution in [0.15, 0.2) is 0 Å². The summed E-state index contributed by atoms with van der Waals surface area (Å²) < 4.78 is 0. The average Bonchev–Trinajstić information content (AvgIpc) is 2.39. The van der Waals surface area contributed by atoms with Gasteiger partial charge in [-0.1, -0.05) is 65.2 Å². The Morgan fingerprint density at radius 2 is 0.944 bits per heavy atom. The minimum atomic E-state index is 0.539. The summed E-state index contributed by atoms with van der Waals surface area (Å²) in [6, 6.07) is 0. The fourth-order valence-electron chi connectivity index (χ4n) is 1.61. The lowest BCUT2D eigenvalue weighted by Gasteiger charge is -2.03. The molecular weight excluding hydrogens is 232 g/mol. The molecule has 0 bridgehead atoms. The summed E-state index contributed by atoms with van der Waals surface area (Å²) in [5.74, 6) is 0. The van der Waals surface area contributed by atoms with Gasteiger partial charge in [0.2, 0.25) is 0 Å². The quantitative estimate of drug-likeness (QED) is 0.243. The molecule has 0 aromatic heterocycles. The summed E-state index contributed by atoms with van der Waals surface area (Å²) in [5.41, 5.74) is 0. The molecule has 0 radical (unpaired) electrons. The average molecular weight is 262 g/mol. The van der Waals surface area contributed by atoms with Gasteiger partial charge in [-0.15, -0.1) is 0 Å². The molecule has 0 saturated carbocycles. The van der Waals surface area contributed by atoms with Crippen molar-refractivity contribution < 1.29 is 19.9 Å². The van der Waals surface area contributed by atoms with Gasteiger partial charge in [-0.2, -0.15) is 0 Å². The molecule has 0 aliphatic heterocycles. The summed E-state index contributed by atoms with van der Waals surface area (Å²) in [4.78, 5) is 9.52. The molecule has 0 fully saturated rings. The molecular formula is C14H30O4. The Labute approximate surface area is 112 Å². The van der Waals surface area contributed by atoms with E-state index < -0.39 is 0 Å². The zero-order valence-electron chi connectivity index (χ0n) is 12.1. The van der Waals surface area contributed by atoms with Crippen molar-refractivity contribution >= 4 is 0 Å². The van der Waals surface area contributed by atoms with E-state index in [1.807, 2.05) is 0 Å². The molecule has 0 aromatic rings. The van der Waals surface area contributed by atoms with Crippen LogP contribution in [0.1, 0.15) is 78.1 Å². The third-order valence-corrected chi connectivity index (χ3v) is 2.79. The third kappa shape index (κ3) is 15.8. The predicted octanol–water partition coefficient (Wildman–Crippen LogP) is 4.74. The summed E-state index contributed by atoms with van der Waals surface area (Å²) in [6.07, 6.45) is 12.2. The number of hydrogen-bond acceptors (Lipinski definition) is 4. The predicted molar refractivity (Wildman–Crippen MR) is 71.6 cm³/mol. The summed E-state index contributed by atoms with van der Waals surface area (Å²) in [6.45, 7) is 5.43. The maximum Gasteiger partial charge on any atom is 0.0854 e. The van der Waals surface area contributed by atoms with Crippen molar-refractivity contribution in [3.8, 4) is 0 Å².